The zero-order valence-electron chi connectivity index (χ0n) is 15.8. The Bertz CT molecular complexity index is 1110. The van der Waals surface area contributed by atoms with Gasteiger partial charge in [0.25, 0.3) is 0 Å². The summed E-state index contributed by atoms with van der Waals surface area (Å²) in [7, 11) is 0. The van der Waals surface area contributed by atoms with E-state index in [0.29, 0.717) is 13.0 Å². The predicted octanol–water partition coefficient (Wildman–Crippen LogP) is 4.20. The minimum absolute atomic E-state index is 0.517. The second kappa shape index (κ2) is 8.91. The number of hydrogen-bond donors (Lipinski definition) is 2. The number of H-pyrrole nitrogens is 1. The van der Waals surface area contributed by atoms with Crippen LogP contribution in [0.3, 0.4) is 0 Å². The van der Waals surface area contributed by atoms with Gasteiger partial charge in [-0.3, -0.25) is 15.1 Å². The molecule has 6 nitrogen and oxygen atoms in total. The second-order valence-corrected chi connectivity index (χ2v) is 6.57. The standard InChI is InChI=1S/C23H20N6/c24-10-3-11-25-15-17-5-7-18(8-6-17)22-14-19(9-13-27-22)20-16-28-29-23(20)21-4-1-2-12-26-21/h1-2,4-9,12-14,16,25H,3,11,15H2,(H,28,29). The van der Waals surface area contributed by atoms with Gasteiger partial charge in [0.05, 0.1) is 17.5 Å². The first-order valence-electron chi connectivity index (χ1n) is 9.44. The van der Waals surface area contributed by atoms with Crippen LogP contribution in [0.1, 0.15) is 12.0 Å². The van der Waals surface area contributed by atoms with Crippen LogP contribution >= 0.6 is 0 Å². The molecule has 6 heteroatoms. The van der Waals surface area contributed by atoms with Crippen molar-refractivity contribution in [2.45, 2.75) is 13.0 Å². The van der Waals surface area contributed by atoms with E-state index in [4.69, 9.17) is 5.26 Å². The Hall–Kier alpha value is -3.82. The van der Waals surface area contributed by atoms with Gasteiger partial charge in [0.1, 0.15) is 5.69 Å². The molecule has 0 aliphatic rings. The van der Waals surface area contributed by atoms with Gasteiger partial charge >= 0.3 is 0 Å². The Morgan fingerprint density at radius 3 is 2.59 bits per heavy atom. The Balaban J connectivity index is 1.56. The van der Waals surface area contributed by atoms with Crippen LogP contribution in [0.2, 0.25) is 0 Å². The number of pyridine rings is 2. The van der Waals surface area contributed by atoms with Gasteiger partial charge in [0.2, 0.25) is 0 Å². The highest BCUT2D eigenvalue weighted by atomic mass is 15.1. The van der Waals surface area contributed by atoms with Gasteiger partial charge in [-0.2, -0.15) is 10.4 Å². The Morgan fingerprint density at radius 2 is 1.79 bits per heavy atom. The highest BCUT2D eigenvalue weighted by Crippen LogP contribution is 2.30. The average Bonchev–Trinajstić information content (AvgIpc) is 3.28. The van der Waals surface area contributed by atoms with Crippen molar-refractivity contribution in [1.29, 1.82) is 5.26 Å². The number of aromatic amines is 1. The van der Waals surface area contributed by atoms with Crippen molar-refractivity contribution in [3.8, 4) is 39.8 Å². The van der Waals surface area contributed by atoms with E-state index in [9.17, 15) is 0 Å². The molecule has 3 heterocycles. The number of hydrogen-bond acceptors (Lipinski definition) is 5. The lowest BCUT2D eigenvalue weighted by molar-refractivity contribution is 0.699. The fraction of sp³-hybridized carbons (Fsp3) is 0.130. The van der Waals surface area contributed by atoms with E-state index < -0.39 is 0 Å². The molecule has 0 saturated carbocycles. The van der Waals surface area contributed by atoms with Gasteiger partial charge in [0.15, 0.2) is 0 Å². The van der Waals surface area contributed by atoms with Gasteiger partial charge in [-0.25, -0.2) is 0 Å². The van der Waals surface area contributed by atoms with Crippen molar-refractivity contribution in [1.82, 2.24) is 25.5 Å². The third kappa shape index (κ3) is 4.37. The molecule has 4 aromatic rings. The van der Waals surface area contributed by atoms with Crippen LogP contribution in [0.15, 0.2) is 73.2 Å². The predicted molar refractivity (Wildman–Crippen MR) is 112 cm³/mol. The minimum atomic E-state index is 0.517. The van der Waals surface area contributed by atoms with Crippen molar-refractivity contribution in [3.63, 3.8) is 0 Å². The molecule has 0 radical (unpaired) electrons. The molecular formula is C23H20N6. The molecule has 0 aliphatic carbocycles. The molecule has 0 spiro atoms. The first-order chi connectivity index (χ1) is 14.3. The lowest BCUT2D eigenvalue weighted by atomic mass is 10.0. The Morgan fingerprint density at radius 1 is 0.931 bits per heavy atom. The normalized spacial score (nSPS) is 10.6. The summed E-state index contributed by atoms with van der Waals surface area (Å²) in [5, 5.41) is 19.2. The number of aromatic nitrogens is 4. The van der Waals surface area contributed by atoms with Crippen LogP contribution in [-0.2, 0) is 6.54 Å². The third-order valence-corrected chi connectivity index (χ3v) is 4.61. The van der Waals surface area contributed by atoms with Crippen LogP contribution in [0, 0.1) is 11.3 Å². The van der Waals surface area contributed by atoms with E-state index in [2.05, 4.69) is 61.9 Å². The first kappa shape index (κ1) is 18.5. The van der Waals surface area contributed by atoms with E-state index in [-0.39, 0.29) is 0 Å². The van der Waals surface area contributed by atoms with E-state index in [0.717, 1.165) is 40.3 Å². The molecule has 4 rings (SSSR count). The summed E-state index contributed by atoms with van der Waals surface area (Å²) in [4.78, 5) is 8.95. The van der Waals surface area contributed by atoms with Crippen LogP contribution < -0.4 is 5.32 Å². The number of rotatable bonds is 7. The van der Waals surface area contributed by atoms with Gasteiger partial charge in [-0.15, -0.1) is 0 Å². The largest absolute Gasteiger partial charge is 0.312 e. The molecule has 2 N–H and O–H groups in total. The zero-order chi connectivity index (χ0) is 19.9. The lowest BCUT2D eigenvalue weighted by Crippen LogP contribution is -2.13. The molecule has 0 bridgehead atoms. The van der Waals surface area contributed by atoms with E-state index in [1.165, 1.54) is 5.56 Å². The summed E-state index contributed by atoms with van der Waals surface area (Å²) in [5.74, 6) is 0. The third-order valence-electron chi connectivity index (χ3n) is 4.61. The molecule has 0 atom stereocenters. The number of nitrogens with zero attached hydrogens (tertiary/aromatic N) is 4. The van der Waals surface area contributed by atoms with Gasteiger partial charge in [-0.1, -0.05) is 30.3 Å². The summed E-state index contributed by atoms with van der Waals surface area (Å²) < 4.78 is 0. The van der Waals surface area contributed by atoms with Gasteiger partial charge in [-0.05, 0) is 35.4 Å². The fourth-order valence-electron chi connectivity index (χ4n) is 3.13. The van der Waals surface area contributed by atoms with E-state index >= 15 is 0 Å². The van der Waals surface area contributed by atoms with E-state index in [1.807, 2.05) is 36.7 Å². The molecule has 1 aromatic carbocycles. The summed E-state index contributed by atoms with van der Waals surface area (Å²) in [6, 6.07) is 20.3. The van der Waals surface area contributed by atoms with Crippen LogP contribution in [0.5, 0.6) is 0 Å². The summed E-state index contributed by atoms with van der Waals surface area (Å²) >= 11 is 0. The maximum Gasteiger partial charge on any atom is 0.118 e. The minimum Gasteiger partial charge on any atom is -0.312 e. The lowest BCUT2D eigenvalue weighted by Gasteiger charge is -2.07. The maximum atomic E-state index is 8.59. The fourth-order valence-corrected chi connectivity index (χ4v) is 3.13. The summed E-state index contributed by atoms with van der Waals surface area (Å²) in [6.45, 7) is 1.45. The topological polar surface area (TPSA) is 90.3 Å². The smallest absolute Gasteiger partial charge is 0.118 e. The second-order valence-electron chi connectivity index (χ2n) is 6.57. The molecule has 0 saturated heterocycles. The van der Waals surface area contributed by atoms with E-state index in [1.54, 1.807) is 6.20 Å². The summed E-state index contributed by atoms with van der Waals surface area (Å²) in [5.41, 5.74) is 6.81. The van der Waals surface area contributed by atoms with Crippen molar-refractivity contribution < 1.29 is 0 Å². The molecule has 0 aliphatic heterocycles. The van der Waals surface area contributed by atoms with Crippen molar-refractivity contribution in [2.24, 2.45) is 0 Å². The molecule has 0 fully saturated rings. The van der Waals surface area contributed by atoms with Crippen LogP contribution in [-0.4, -0.2) is 26.7 Å². The van der Waals surface area contributed by atoms with Crippen LogP contribution in [0.25, 0.3) is 33.8 Å². The van der Waals surface area contributed by atoms with Crippen molar-refractivity contribution >= 4 is 0 Å². The van der Waals surface area contributed by atoms with Gasteiger partial charge < -0.3 is 5.32 Å². The molecule has 0 unspecified atom stereocenters. The monoisotopic (exact) mass is 380 g/mol. The van der Waals surface area contributed by atoms with Gasteiger partial charge in [0, 0.05) is 49.2 Å². The Kier molecular flexibility index (Phi) is 5.70. The summed E-state index contributed by atoms with van der Waals surface area (Å²) in [6.07, 6.45) is 5.99. The molecule has 142 valence electrons. The molecular weight excluding hydrogens is 360 g/mol. The SMILES string of the molecule is N#CCCNCc1ccc(-c2cc(-c3c[nH]nc3-c3ccccn3)ccn2)cc1. The average molecular weight is 380 g/mol. The van der Waals surface area contributed by atoms with Crippen LogP contribution in [0.4, 0.5) is 0 Å². The quantitative estimate of drug-likeness (QED) is 0.469. The first-order valence-corrected chi connectivity index (χ1v) is 9.44. The molecule has 29 heavy (non-hydrogen) atoms. The zero-order valence-corrected chi connectivity index (χ0v) is 15.8. The molecule has 0 amide bonds. The van der Waals surface area contributed by atoms with Crippen molar-refractivity contribution in [3.05, 3.63) is 78.8 Å². The van der Waals surface area contributed by atoms with Crippen molar-refractivity contribution in [2.75, 3.05) is 6.54 Å². The highest BCUT2D eigenvalue weighted by Gasteiger charge is 2.12. The Labute approximate surface area is 169 Å². The molecule has 3 aromatic heterocycles. The number of nitrogens with one attached hydrogen (secondary N) is 2. The highest BCUT2D eigenvalue weighted by molar-refractivity contribution is 5.80. The number of benzene rings is 1. The maximum absolute atomic E-state index is 8.59. The number of nitriles is 1.